The van der Waals surface area contributed by atoms with Gasteiger partial charge in [-0.15, -0.1) is 0 Å². The molecule has 0 aliphatic carbocycles. The van der Waals surface area contributed by atoms with Gasteiger partial charge in [0.25, 0.3) is 5.85 Å². The van der Waals surface area contributed by atoms with Crippen molar-refractivity contribution in [2.75, 3.05) is 0 Å². The second kappa shape index (κ2) is 3.47. The first-order chi connectivity index (χ1) is 6.14. The van der Waals surface area contributed by atoms with Crippen LogP contribution in [0.3, 0.4) is 0 Å². The van der Waals surface area contributed by atoms with E-state index < -0.39 is 16.7 Å². The van der Waals surface area contributed by atoms with Crippen molar-refractivity contribution in [2.24, 2.45) is 11.3 Å². The Hall–Kier alpha value is -0.120. The van der Waals surface area contributed by atoms with Gasteiger partial charge in [-0.05, 0) is 11.8 Å². The molecule has 0 spiro atoms. The van der Waals surface area contributed by atoms with Crippen LogP contribution in [-0.2, 0) is 9.53 Å². The van der Waals surface area contributed by atoms with Gasteiger partial charge in [0.2, 0.25) is 0 Å². The van der Waals surface area contributed by atoms with Crippen LogP contribution < -0.4 is 0 Å². The summed E-state index contributed by atoms with van der Waals surface area (Å²) in [7, 11) is 0. The van der Waals surface area contributed by atoms with E-state index >= 15 is 0 Å². The highest BCUT2D eigenvalue weighted by atomic mass is 79.9. The fourth-order valence-electron chi connectivity index (χ4n) is 1.55. The maximum absolute atomic E-state index is 13.6. The van der Waals surface area contributed by atoms with Crippen LogP contribution in [0.5, 0.6) is 0 Å². The third-order valence-electron chi connectivity index (χ3n) is 2.63. The molecule has 1 aliphatic rings. The van der Waals surface area contributed by atoms with Gasteiger partial charge in [-0.3, -0.25) is 4.79 Å². The van der Waals surface area contributed by atoms with Gasteiger partial charge in [0, 0.05) is 6.92 Å². The molecule has 4 heteroatoms. The summed E-state index contributed by atoms with van der Waals surface area (Å²) in [4.78, 5) is 11.1. The van der Waals surface area contributed by atoms with E-state index in [0.717, 1.165) is 0 Å². The zero-order chi connectivity index (χ0) is 11.1. The minimum absolute atomic E-state index is 0.181. The molecule has 1 aliphatic heterocycles. The van der Waals surface area contributed by atoms with Gasteiger partial charge in [0.05, 0.1) is 10.7 Å². The maximum Gasteiger partial charge on any atom is 0.312 e. The molecular formula is C10H16BrFO2. The highest BCUT2D eigenvalue weighted by Gasteiger charge is 2.48. The number of carbonyl (C=O) groups is 1. The minimum Gasteiger partial charge on any atom is -0.427 e. The van der Waals surface area contributed by atoms with Crippen LogP contribution >= 0.6 is 15.9 Å². The Kier molecular flexibility index (Phi) is 2.96. The fraction of sp³-hybridized carbons (Fsp3) is 0.900. The predicted octanol–water partition coefficient (Wildman–Crippen LogP) is 3.04. The molecule has 0 aromatic rings. The topological polar surface area (TPSA) is 26.3 Å². The van der Waals surface area contributed by atoms with Crippen LogP contribution in [0.25, 0.3) is 0 Å². The summed E-state index contributed by atoms with van der Waals surface area (Å²) in [5.41, 5.74) is -0.181. The largest absolute Gasteiger partial charge is 0.427 e. The number of halogens is 2. The molecule has 0 radical (unpaired) electrons. The zero-order valence-corrected chi connectivity index (χ0v) is 10.5. The van der Waals surface area contributed by atoms with Crippen molar-refractivity contribution in [3.05, 3.63) is 0 Å². The van der Waals surface area contributed by atoms with Crippen molar-refractivity contribution in [1.82, 2.24) is 0 Å². The highest BCUT2D eigenvalue weighted by molar-refractivity contribution is 9.09. The first kappa shape index (κ1) is 12.0. The van der Waals surface area contributed by atoms with Crippen molar-refractivity contribution in [3.8, 4) is 0 Å². The average Bonchev–Trinajstić information content (AvgIpc) is 1.93. The molecule has 0 amide bonds. The Bertz CT molecular complexity index is 245. The molecule has 3 unspecified atom stereocenters. The number of rotatable bonds is 0. The smallest absolute Gasteiger partial charge is 0.312 e. The van der Waals surface area contributed by atoms with E-state index in [1.54, 1.807) is 0 Å². The van der Waals surface area contributed by atoms with E-state index in [-0.39, 0.29) is 11.3 Å². The van der Waals surface area contributed by atoms with Gasteiger partial charge in [0.15, 0.2) is 0 Å². The Balaban J connectivity index is 2.83. The lowest BCUT2D eigenvalue weighted by Crippen LogP contribution is -2.48. The maximum atomic E-state index is 13.6. The molecule has 3 atom stereocenters. The summed E-state index contributed by atoms with van der Waals surface area (Å²) in [5, 5.41) is 0. The molecule has 0 aromatic heterocycles. The van der Waals surface area contributed by atoms with Gasteiger partial charge < -0.3 is 4.74 Å². The average molecular weight is 267 g/mol. The summed E-state index contributed by atoms with van der Waals surface area (Å²) < 4.78 is 18.4. The third-order valence-corrected chi connectivity index (χ3v) is 3.82. The van der Waals surface area contributed by atoms with E-state index in [1.807, 2.05) is 20.8 Å². The highest BCUT2D eigenvalue weighted by Crippen LogP contribution is 2.42. The van der Waals surface area contributed by atoms with E-state index in [2.05, 4.69) is 15.9 Å². The van der Waals surface area contributed by atoms with E-state index in [1.165, 1.54) is 6.92 Å². The van der Waals surface area contributed by atoms with Crippen LogP contribution in [0.15, 0.2) is 0 Å². The number of hydrogen-bond acceptors (Lipinski definition) is 2. The number of carbonyl (C=O) groups excluding carboxylic acids is 1. The van der Waals surface area contributed by atoms with Gasteiger partial charge >= 0.3 is 5.97 Å². The number of hydrogen-bond donors (Lipinski definition) is 0. The standard InChI is InChI=1S/C10H16BrFO2/c1-9(2,3)6-5-7(11)10(4,12)14-8(6)13/h6-7H,5H2,1-4H3. The first-order valence-electron chi connectivity index (χ1n) is 4.70. The molecule has 1 fully saturated rings. The summed E-state index contributed by atoms with van der Waals surface area (Å²) in [6.07, 6.45) is 0.481. The summed E-state index contributed by atoms with van der Waals surface area (Å²) in [6.45, 7) is 7.15. The third kappa shape index (κ3) is 2.27. The molecule has 0 bridgehead atoms. The molecule has 82 valence electrons. The lowest BCUT2D eigenvalue weighted by atomic mass is 9.76. The van der Waals surface area contributed by atoms with E-state index in [9.17, 15) is 9.18 Å². The number of alkyl halides is 2. The Labute approximate surface area is 92.3 Å². The summed E-state index contributed by atoms with van der Waals surface area (Å²) in [6, 6.07) is 0. The van der Waals surface area contributed by atoms with Gasteiger partial charge in [-0.1, -0.05) is 36.7 Å². The lowest BCUT2D eigenvalue weighted by molar-refractivity contribution is -0.199. The zero-order valence-electron chi connectivity index (χ0n) is 8.93. The first-order valence-corrected chi connectivity index (χ1v) is 5.62. The second-order valence-electron chi connectivity index (χ2n) is 5.03. The quantitative estimate of drug-likeness (QED) is 0.498. The SMILES string of the molecule is CC(C)(C)C1CC(Br)C(C)(F)OC1=O. The van der Waals surface area contributed by atoms with E-state index in [4.69, 9.17) is 4.74 Å². The van der Waals surface area contributed by atoms with Crippen LogP contribution in [0.1, 0.15) is 34.1 Å². The Morgan fingerprint density at radius 3 is 2.50 bits per heavy atom. The number of esters is 1. The van der Waals surface area contributed by atoms with Crippen molar-refractivity contribution in [1.29, 1.82) is 0 Å². The number of cyclic esters (lactones) is 1. The summed E-state index contributed by atoms with van der Waals surface area (Å²) >= 11 is 3.22. The van der Waals surface area contributed by atoms with Crippen LogP contribution in [-0.4, -0.2) is 16.7 Å². The predicted molar refractivity (Wildman–Crippen MR) is 55.9 cm³/mol. The lowest BCUT2D eigenvalue weighted by Gasteiger charge is -2.39. The molecule has 14 heavy (non-hydrogen) atoms. The van der Waals surface area contributed by atoms with E-state index in [0.29, 0.717) is 6.42 Å². The molecule has 0 N–H and O–H groups in total. The van der Waals surface area contributed by atoms with Crippen molar-refractivity contribution >= 4 is 21.9 Å². The van der Waals surface area contributed by atoms with Crippen LogP contribution in [0.4, 0.5) is 4.39 Å². The van der Waals surface area contributed by atoms with Crippen molar-refractivity contribution in [3.63, 3.8) is 0 Å². The van der Waals surface area contributed by atoms with Gasteiger partial charge in [-0.25, -0.2) is 0 Å². The molecule has 1 saturated heterocycles. The Morgan fingerprint density at radius 1 is 1.57 bits per heavy atom. The molecule has 1 heterocycles. The monoisotopic (exact) mass is 266 g/mol. The Morgan fingerprint density at radius 2 is 2.07 bits per heavy atom. The second-order valence-corrected chi connectivity index (χ2v) is 6.13. The van der Waals surface area contributed by atoms with Crippen LogP contribution in [0, 0.1) is 11.3 Å². The van der Waals surface area contributed by atoms with Gasteiger partial charge in [-0.2, -0.15) is 4.39 Å². The molecular weight excluding hydrogens is 251 g/mol. The fourth-order valence-corrected chi connectivity index (χ4v) is 2.02. The minimum atomic E-state index is -1.88. The molecule has 0 aromatic carbocycles. The normalized spacial score (nSPS) is 39.4. The number of ether oxygens (including phenoxy) is 1. The van der Waals surface area contributed by atoms with Gasteiger partial charge in [0.1, 0.15) is 0 Å². The molecule has 1 rings (SSSR count). The molecule has 2 nitrogen and oxygen atoms in total. The van der Waals surface area contributed by atoms with Crippen molar-refractivity contribution < 1.29 is 13.9 Å². The summed E-state index contributed by atoms with van der Waals surface area (Å²) in [5.74, 6) is -2.55. The molecule has 0 saturated carbocycles. The van der Waals surface area contributed by atoms with Crippen molar-refractivity contribution in [2.45, 2.75) is 44.8 Å². The van der Waals surface area contributed by atoms with Crippen LogP contribution in [0.2, 0.25) is 0 Å².